The largest absolute Gasteiger partial charge is 0.313 e. The summed E-state index contributed by atoms with van der Waals surface area (Å²) in [6, 6.07) is 11.7. The summed E-state index contributed by atoms with van der Waals surface area (Å²) in [5, 5.41) is 3.00. The van der Waals surface area contributed by atoms with Crippen molar-refractivity contribution in [3.05, 3.63) is 70.8 Å². The van der Waals surface area contributed by atoms with Crippen molar-refractivity contribution in [1.82, 2.24) is 5.32 Å². The molecule has 2 aromatic rings. The first-order valence-electron chi connectivity index (χ1n) is 6.84. The van der Waals surface area contributed by atoms with Crippen molar-refractivity contribution >= 4 is 0 Å². The van der Waals surface area contributed by atoms with Gasteiger partial charge in [0.15, 0.2) is 0 Å². The first-order chi connectivity index (χ1) is 9.65. The van der Waals surface area contributed by atoms with Gasteiger partial charge in [0.05, 0.1) is 0 Å². The van der Waals surface area contributed by atoms with E-state index in [4.69, 9.17) is 0 Å². The van der Waals surface area contributed by atoms with Crippen LogP contribution in [0, 0.1) is 11.6 Å². The van der Waals surface area contributed by atoms with Crippen LogP contribution >= 0.6 is 0 Å². The van der Waals surface area contributed by atoms with Crippen LogP contribution in [-0.4, -0.2) is 7.05 Å². The van der Waals surface area contributed by atoms with Crippen LogP contribution in [0.3, 0.4) is 0 Å². The molecule has 0 saturated carbocycles. The molecule has 1 unspecified atom stereocenters. The Hall–Kier alpha value is -1.74. The molecule has 0 spiro atoms. The summed E-state index contributed by atoms with van der Waals surface area (Å²) in [4.78, 5) is 0. The van der Waals surface area contributed by atoms with Gasteiger partial charge in [0.1, 0.15) is 11.6 Å². The average molecular weight is 275 g/mol. The van der Waals surface area contributed by atoms with E-state index in [1.54, 1.807) is 7.05 Å². The van der Waals surface area contributed by atoms with Gasteiger partial charge < -0.3 is 5.32 Å². The Balaban J connectivity index is 2.24. The van der Waals surface area contributed by atoms with Crippen molar-refractivity contribution in [1.29, 1.82) is 0 Å². The Morgan fingerprint density at radius 3 is 2.00 bits per heavy atom. The van der Waals surface area contributed by atoms with E-state index in [0.717, 1.165) is 12.0 Å². The fraction of sp³-hybridized carbons (Fsp3) is 0.294. The highest BCUT2D eigenvalue weighted by molar-refractivity contribution is 5.28. The summed E-state index contributed by atoms with van der Waals surface area (Å²) in [7, 11) is 1.72. The van der Waals surface area contributed by atoms with Crippen LogP contribution in [-0.2, 0) is 12.8 Å². The fourth-order valence-electron chi connectivity index (χ4n) is 2.34. The van der Waals surface area contributed by atoms with Crippen LogP contribution in [0.25, 0.3) is 0 Å². The SMILES string of the molecule is CCc1ccc(CC(NC)c2c(F)cccc2F)cc1. The molecule has 3 heteroatoms. The number of hydrogen-bond acceptors (Lipinski definition) is 1. The molecule has 1 nitrogen and oxygen atoms in total. The Labute approximate surface area is 118 Å². The predicted molar refractivity (Wildman–Crippen MR) is 77.7 cm³/mol. The van der Waals surface area contributed by atoms with Crippen LogP contribution in [0.5, 0.6) is 0 Å². The first-order valence-corrected chi connectivity index (χ1v) is 6.84. The maximum atomic E-state index is 13.8. The van der Waals surface area contributed by atoms with Gasteiger partial charge in [-0.15, -0.1) is 0 Å². The molecule has 2 rings (SSSR count). The number of hydrogen-bond donors (Lipinski definition) is 1. The van der Waals surface area contributed by atoms with E-state index in [1.165, 1.54) is 23.8 Å². The molecule has 20 heavy (non-hydrogen) atoms. The maximum Gasteiger partial charge on any atom is 0.130 e. The zero-order valence-electron chi connectivity index (χ0n) is 11.8. The lowest BCUT2D eigenvalue weighted by Crippen LogP contribution is -2.21. The van der Waals surface area contributed by atoms with E-state index in [0.29, 0.717) is 6.42 Å². The summed E-state index contributed by atoms with van der Waals surface area (Å²) in [6.45, 7) is 2.10. The summed E-state index contributed by atoms with van der Waals surface area (Å²) < 4.78 is 27.7. The van der Waals surface area contributed by atoms with Crippen molar-refractivity contribution in [2.75, 3.05) is 7.05 Å². The summed E-state index contributed by atoms with van der Waals surface area (Å²) in [5.74, 6) is -1.01. The molecule has 0 fully saturated rings. The van der Waals surface area contributed by atoms with Gasteiger partial charge in [-0.05, 0) is 43.1 Å². The van der Waals surface area contributed by atoms with Crippen LogP contribution in [0.15, 0.2) is 42.5 Å². The molecular formula is C17H19F2N. The van der Waals surface area contributed by atoms with Crippen molar-refractivity contribution < 1.29 is 8.78 Å². The Morgan fingerprint density at radius 2 is 1.50 bits per heavy atom. The molecule has 0 aliphatic rings. The minimum Gasteiger partial charge on any atom is -0.313 e. The molecular weight excluding hydrogens is 256 g/mol. The van der Waals surface area contributed by atoms with Crippen molar-refractivity contribution in [3.63, 3.8) is 0 Å². The standard InChI is InChI=1S/C17H19F2N/c1-3-12-7-9-13(10-8-12)11-16(20-2)17-14(18)5-4-6-15(17)19/h4-10,16,20H,3,11H2,1-2H3. The number of halogens is 2. The second kappa shape index (κ2) is 6.62. The lowest BCUT2D eigenvalue weighted by molar-refractivity contribution is 0.489. The third-order valence-corrected chi connectivity index (χ3v) is 3.57. The topological polar surface area (TPSA) is 12.0 Å². The molecule has 0 aliphatic carbocycles. The quantitative estimate of drug-likeness (QED) is 0.868. The number of aryl methyl sites for hydroxylation is 1. The number of nitrogens with one attached hydrogen (secondary N) is 1. The minimum atomic E-state index is -0.505. The first kappa shape index (κ1) is 14.7. The molecule has 0 radical (unpaired) electrons. The van der Waals surface area contributed by atoms with Gasteiger partial charge >= 0.3 is 0 Å². The zero-order chi connectivity index (χ0) is 14.5. The van der Waals surface area contributed by atoms with E-state index < -0.39 is 11.6 Å². The fourth-order valence-corrected chi connectivity index (χ4v) is 2.34. The summed E-state index contributed by atoms with van der Waals surface area (Å²) in [6.07, 6.45) is 1.54. The van der Waals surface area contributed by atoms with Gasteiger partial charge in [0.2, 0.25) is 0 Å². The smallest absolute Gasteiger partial charge is 0.130 e. The second-order valence-electron chi connectivity index (χ2n) is 4.85. The van der Waals surface area contributed by atoms with Crippen molar-refractivity contribution in [2.24, 2.45) is 0 Å². The van der Waals surface area contributed by atoms with Gasteiger partial charge in [0, 0.05) is 11.6 Å². The average Bonchev–Trinajstić information content (AvgIpc) is 2.46. The molecule has 1 atom stereocenters. The highest BCUT2D eigenvalue weighted by Crippen LogP contribution is 2.24. The zero-order valence-corrected chi connectivity index (χ0v) is 11.8. The van der Waals surface area contributed by atoms with Gasteiger partial charge in [-0.2, -0.15) is 0 Å². The summed E-state index contributed by atoms with van der Waals surface area (Å²) >= 11 is 0. The molecule has 0 saturated heterocycles. The number of benzene rings is 2. The number of rotatable bonds is 5. The van der Waals surface area contributed by atoms with E-state index in [9.17, 15) is 8.78 Å². The van der Waals surface area contributed by atoms with Crippen LogP contribution in [0.4, 0.5) is 8.78 Å². The van der Waals surface area contributed by atoms with Crippen LogP contribution < -0.4 is 5.32 Å². The molecule has 2 aromatic carbocycles. The third kappa shape index (κ3) is 3.23. The van der Waals surface area contributed by atoms with Crippen LogP contribution in [0.1, 0.15) is 29.7 Å². The van der Waals surface area contributed by atoms with Gasteiger partial charge in [0.25, 0.3) is 0 Å². The molecule has 0 aromatic heterocycles. The Bertz CT molecular complexity index is 543. The molecule has 0 aliphatic heterocycles. The third-order valence-electron chi connectivity index (χ3n) is 3.57. The normalized spacial score (nSPS) is 12.4. The minimum absolute atomic E-state index is 0.106. The molecule has 1 N–H and O–H groups in total. The van der Waals surface area contributed by atoms with E-state index >= 15 is 0 Å². The summed E-state index contributed by atoms with van der Waals surface area (Å²) in [5.41, 5.74) is 2.42. The molecule has 106 valence electrons. The Morgan fingerprint density at radius 1 is 0.950 bits per heavy atom. The van der Waals surface area contributed by atoms with E-state index in [2.05, 4.69) is 24.4 Å². The van der Waals surface area contributed by atoms with Gasteiger partial charge in [-0.1, -0.05) is 37.3 Å². The highest BCUT2D eigenvalue weighted by atomic mass is 19.1. The van der Waals surface area contributed by atoms with Crippen molar-refractivity contribution in [3.8, 4) is 0 Å². The van der Waals surface area contributed by atoms with E-state index in [1.807, 2.05) is 12.1 Å². The monoisotopic (exact) mass is 275 g/mol. The Kier molecular flexibility index (Phi) is 4.85. The maximum absolute atomic E-state index is 13.8. The lowest BCUT2D eigenvalue weighted by Gasteiger charge is -2.18. The molecule has 0 amide bonds. The molecule has 0 heterocycles. The van der Waals surface area contributed by atoms with E-state index in [-0.39, 0.29) is 11.6 Å². The van der Waals surface area contributed by atoms with Gasteiger partial charge in [-0.3, -0.25) is 0 Å². The van der Waals surface area contributed by atoms with Crippen LogP contribution in [0.2, 0.25) is 0 Å². The molecule has 0 bridgehead atoms. The predicted octanol–water partition coefficient (Wildman–Crippen LogP) is 4.03. The number of likely N-dealkylation sites (N-methyl/N-ethyl adjacent to an activating group) is 1. The lowest BCUT2D eigenvalue weighted by atomic mass is 9.97. The van der Waals surface area contributed by atoms with Crippen molar-refractivity contribution in [2.45, 2.75) is 25.8 Å². The van der Waals surface area contributed by atoms with Gasteiger partial charge in [-0.25, -0.2) is 8.78 Å². The second-order valence-corrected chi connectivity index (χ2v) is 4.85. The highest BCUT2D eigenvalue weighted by Gasteiger charge is 2.18.